The van der Waals surface area contributed by atoms with E-state index in [1.165, 1.54) is 24.4 Å². The molecule has 101 heavy (non-hydrogen) atoms. The lowest BCUT2D eigenvalue weighted by Crippen LogP contribution is -2.53. The smallest absolute Gasteiger partial charge is 0.367 e. The summed E-state index contributed by atoms with van der Waals surface area (Å²) < 4.78 is 41.3. The van der Waals surface area contributed by atoms with E-state index in [1.807, 2.05) is 109 Å². The van der Waals surface area contributed by atoms with E-state index in [1.54, 1.807) is 80.9 Å². The third-order valence-electron chi connectivity index (χ3n) is 17.1. The number of piperazine rings is 3. The van der Waals surface area contributed by atoms with Gasteiger partial charge in [0.15, 0.2) is 0 Å². The standard InChI is InChI=1S/C27H28N6O2.C25H25F3N6O2.C23H23N5O2/c1-18-12-22(8-9-29-18)25-6-4-21(13-23(25)15-28)14-27(35)31-26-7-5-24(16-30-26)32-10-11-33(20(3)34)19(2)17-32;1-16-29-8-7-22(31-16)20-5-3-18(13-21(20)25(26,27)28)14-24(36)32-23-6-4-19(15-30-23)34-11-9-33(10-12-34)17(2)35;1-16-12-19(8-9-24-16)18-4-2-17(3-5-18)13-22(29)27-21-7-6-20(14-26-21)28-11-10-25-23(30)15-28/h4-9,12-13,16,19H,10-11,14,17H2,1-3H3,(H,30,31,35);3-8,13,15H,9-12,14H2,1-2H3,(H,30,32,36);2-9,12,14H,10-11,13,15H2,1H3,(H,25,30)(H,26,27,29)/t19-;;/m0../s1. The van der Waals surface area contributed by atoms with Gasteiger partial charge in [0, 0.05) is 114 Å². The summed E-state index contributed by atoms with van der Waals surface area (Å²) in [5, 5.41) is 20.7. The quantitative estimate of drug-likeness (QED) is 0.0743. The fourth-order valence-electron chi connectivity index (χ4n) is 11.9. The second kappa shape index (κ2) is 33.0. The van der Waals surface area contributed by atoms with E-state index in [9.17, 15) is 47.2 Å². The van der Waals surface area contributed by atoms with Crippen LogP contribution in [-0.4, -0.2) is 152 Å². The molecule has 518 valence electrons. The van der Waals surface area contributed by atoms with Gasteiger partial charge in [-0.2, -0.15) is 18.4 Å². The van der Waals surface area contributed by atoms with Crippen LogP contribution in [0.2, 0.25) is 0 Å². The molecule has 0 bridgehead atoms. The number of aryl methyl sites for hydroxylation is 3. The van der Waals surface area contributed by atoms with Crippen molar-refractivity contribution < 1.29 is 41.9 Å². The summed E-state index contributed by atoms with van der Waals surface area (Å²) in [5.41, 5.74) is 10.1. The first kappa shape index (κ1) is 71.8. The van der Waals surface area contributed by atoms with Crippen LogP contribution in [0.1, 0.15) is 65.8 Å². The predicted octanol–water partition coefficient (Wildman–Crippen LogP) is 9.85. The fraction of sp³-hybridized carbons (Fsp3) is 0.280. The van der Waals surface area contributed by atoms with Crippen molar-refractivity contribution in [3.05, 3.63) is 210 Å². The van der Waals surface area contributed by atoms with E-state index >= 15 is 0 Å². The fourth-order valence-corrected chi connectivity index (χ4v) is 11.9. The second-order valence-electron chi connectivity index (χ2n) is 24.6. The van der Waals surface area contributed by atoms with Crippen LogP contribution in [0.3, 0.4) is 0 Å². The molecule has 4 N–H and O–H groups in total. The van der Waals surface area contributed by atoms with Gasteiger partial charge < -0.3 is 45.8 Å². The van der Waals surface area contributed by atoms with Gasteiger partial charge in [-0.1, -0.05) is 48.5 Å². The molecule has 9 aromatic rings. The lowest BCUT2D eigenvalue weighted by Gasteiger charge is -2.40. The van der Waals surface area contributed by atoms with Crippen LogP contribution in [0, 0.1) is 32.1 Å². The lowest BCUT2D eigenvalue weighted by molar-refractivity contribution is -0.137. The van der Waals surface area contributed by atoms with Crippen molar-refractivity contribution in [2.45, 2.75) is 73.0 Å². The molecule has 26 heteroatoms. The number of hydrogen-bond donors (Lipinski definition) is 4. The largest absolute Gasteiger partial charge is 0.417 e. The maximum Gasteiger partial charge on any atom is 0.417 e. The molecule has 6 amide bonds. The highest BCUT2D eigenvalue weighted by Gasteiger charge is 2.35. The van der Waals surface area contributed by atoms with E-state index < -0.39 is 17.6 Å². The third kappa shape index (κ3) is 19.9. The number of nitrogens with zero attached hydrogens (tertiary/aromatic N) is 13. The highest BCUT2D eigenvalue weighted by molar-refractivity contribution is 5.93. The van der Waals surface area contributed by atoms with Crippen molar-refractivity contribution in [2.75, 3.05) is 96.1 Å². The van der Waals surface area contributed by atoms with E-state index in [0.717, 1.165) is 87.5 Å². The van der Waals surface area contributed by atoms with Crippen LogP contribution < -0.4 is 36.0 Å². The molecule has 6 aromatic heterocycles. The molecule has 0 saturated carbocycles. The van der Waals surface area contributed by atoms with Gasteiger partial charge in [0.05, 0.1) is 84.3 Å². The number of rotatable bonds is 15. The Labute approximate surface area is 582 Å². The zero-order valence-electron chi connectivity index (χ0n) is 56.8. The number of carbonyl (C=O) groups excluding carboxylic acids is 6. The molecule has 12 rings (SSSR count). The minimum Gasteiger partial charge on any atom is -0.367 e. The van der Waals surface area contributed by atoms with Crippen molar-refractivity contribution in [3.8, 4) is 39.6 Å². The van der Waals surface area contributed by atoms with E-state index in [2.05, 4.69) is 72.0 Å². The zero-order valence-corrected chi connectivity index (χ0v) is 56.8. The predicted molar refractivity (Wildman–Crippen MR) is 379 cm³/mol. The number of alkyl halides is 3. The molecule has 3 aromatic carbocycles. The Morgan fingerprint density at radius 1 is 0.545 bits per heavy atom. The Balaban J connectivity index is 0.000000164. The third-order valence-corrected chi connectivity index (χ3v) is 17.1. The number of nitrogens with one attached hydrogen (secondary N) is 4. The molecule has 3 saturated heterocycles. The first-order valence-corrected chi connectivity index (χ1v) is 32.8. The number of anilines is 6. The van der Waals surface area contributed by atoms with E-state index in [4.69, 9.17) is 0 Å². The Hall–Kier alpha value is -12.0. The Bertz CT molecular complexity index is 4490. The first-order valence-electron chi connectivity index (χ1n) is 32.8. The summed E-state index contributed by atoms with van der Waals surface area (Å²) in [6.45, 7) is 17.1. The van der Waals surface area contributed by atoms with E-state index in [-0.39, 0.29) is 71.7 Å². The molecule has 3 aliphatic rings. The number of halogens is 3. The highest BCUT2D eigenvalue weighted by Crippen LogP contribution is 2.38. The molecule has 0 unspecified atom stereocenters. The van der Waals surface area contributed by atoms with Crippen LogP contribution in [0.4, 0.5) is 47.7 Å². The van der Waals surface area contributed by atoms with Gasteiger partial charge in [-0.15, -0.1) is 0 Å². The maximum atomic E-state index is 13.8. The van der Waals surface area contributed by atoms with Gasteiger partial charge in [-0.05, 0) is 146 Å². The average molecular weight is 1370 g/mol. The van der Waals surface area contributed by atoms with Crippen molar-refractivity contribution in [2.24, 2.45) is 0 Å². The van der Waals surface area contributed by atoms with E-state index in [0.29, 0.717) is 74.7 Å². The summed E-state index contributed by atoms with van der Waals surface area (Å²) in [6, 6.07) is 39.6. The first-order chi connectivity index (χ1) is 48.5. The Morgan fingerprint density at radius 2 is 1.06 bits per heavy atom. The molecular formula is C75H76F3N17O6. The molecule has 1 atom stereocenters. The second-order valence-corrected chi connectivity index (χ2v) is 24.6. The van der Waals surface area contributed by atoms with Gasteiger partial charge in [-0.25, -0.2) is 24.9 Å². The Kier molecular flexibility index (Phi) is 23.5. The van der Waals surface area contributed by atoms with Crippen molar-refractivity contribution in [1.29, 1.82) is 5.26 Å². The van der Waals surface area contributed by atoms with Gasteiger partial charge in [0.25, 0.3) is 0 Å². The number of nitriles is 1. The van der Waals surface area contributed by atoms with Crippen molar-refractivity contribution >= 4 is 70.0 Å². The lowest BCUT2D eigenvalue weighted by atomic mass is 9.97. The molecule has 0 aliphatic carbocycles. The van der Waals surface area contributed by atoms with Crippen LogP contribution in [0.5, 0.6) is 0 Å². The van der Waals surface area contributed by atoms with Gasteiger partial charge in [0.2, 0.25) is 35.4 Å². The van der Waals surface area contributed by atoms with Crippen LogP contribution in [0.15, 0.2) is 165 Å². The highest BCUT2D eigenvalue weighted by atomic mass is 19.4. The topological polar surface area (TPSA) is 281 Å². The molecule has 9 heterocycles. The average Bonchev–Trinajstić information content (AvgIpc) is 0.800. The normalized spacial score (nSPS) is 14.4. The van der Waals surface area contributed by atoms with Crippen LogP contribution in [-0.2, 0) is 54.2 Å². The minimum atomic E-state index is -4.62. The van der Waals surface area contributed by atoms with Crippen LogP contribution in [0.25, 0.3) is 33.5 Å². The molecule has 3 aliphatic heterocycles. The maximum absolute atomic E-state index is 13.8. The number of aromatic nitrogens is 7. The number of pyridine rings is 5. The summed E-state index contributed by atoms with van der Waals surface area (Å²) >= 11 is 0. The van der Waals surface area contributed by atoms with Crippen molar-refractivity contribution in [1.82, 2.24) is 50.0 Å². The summed E-state index contributed by atoms with van der Waals surface area (Å²) in [6.07, 6.45) is 5.51. The number of carbonyl (C=O) groups is 6. The number of amides is 6. The number of benzene rings is 3. The molecular weight excluding hydrogens is 1290 g/mol. The molecule has 23 nitrogen and oxygen atoms in total. The van der Waals surface area contributed by atoms with Gasteiger partial charge in [0.1, 0.15) is 23.3 Å². The molecule has 0 spiro atoms. The van der Waals surface area contributed by atoms with Gasteiger partial charge in [-0.3, -0.25) is 38.7 Å². The Morgan fingerprint density at radius 3 is 1.57 bits per heavy atom. The molecule has 0 radical (unpaired) electrons. The zero-order chi connectivity index (χ0) is 71.7. The minimum absolute atomic E-state index is 0.00344. The SMILES string of the molecule is CC(=O)N1CCN(c2ccc(NC(=O)Cc3ccc(-c4ccnc(C)c4)c(C#N)c3)nc2)C[C@@H]1C.CC(=O)N1CCN(c2ccc(NC(=O)Cc3ccc(-c4ccnc(C)n4)c(C(F)(F)F)c3)nc2)CC1.Cc1cc(-c2ccc(CC(=O)Nc3ccc(N4CCNC(=O)C4)cn3)cc2)ccn1. The number of hydrogen-bond acceptors (Lipinski definition) is 17. The van der Waals surface area contributed by atoms with Crippen LogP contribution >= 0.6 is 0 Å². The molecule has 3 fully saturated rings. The van der Waals surface area contributed by atoms with Crippen molar-refractivity contribution in [3.63, 3.8) is 0 Å². The summed E-state index contributed by atoms with van der Waals surface area (Å²) in [4.78, 5) is 112. The van der Waals surface area contributed by atoms with Gasteiger partial charge >= 0.3 is 6.18 Å². The summed E-state index contributed by atoms with van der Waals surface area (Å²) in [7, 11) is 0. The monoisotopic (exact) mass is 1370 g/mol. The summed E-state index contributed by atoms with van der Waals surface area (Å²) in [5.74, 6) is 0.964.